The molecule has 0 saturated heterocycles. The molecule has 4 heterocycles. The number of fused-ring (bicyclic) bond motifs is 10. The normalized spacial score (nSPS) is 11.8. The molecule has 340 valence electrons. The van der Waals surface area contributed by atoms with Crippen LogP contribution in [0.5, 0.6) is 0 Å². The molecule has 0 bridgehead atoms. The van der Waals surface area contributed by atoms with Gasteiger partial charge in [0, 0.05) is 66.3 Å². The van der Waals surface area contributed by atoms with E-state index in [1.165, 1.54) is 21.5 Å². The Morgan fingerprint density at radius 1 is 0.288 bits per heavy atom. The van der Waals surface area contributed by atoms with Gasteiger partial charge in [0.2, 0.25) is 0 Å². The van der Waals surface area contributed by atoms with Gasteiger partial charge in [-0.2, -0.15) is 0 Å². The van der Waals surface area contributed by atoms with Crippen molar-refractivity contribution in [2.75, 3.05) is 0 Å². The van der Waals surface area contributed by atoms with Crippen LogP contribution in [-0.4, -0.2) is 24.1 Å². The standard InChI is InChI=1S/C67H41N5O/c1-4-17-42(18-5-1)43-31-33-45(34-32-43)65-68-66(48-35-36-59-54(38-48)50-25-12-14-28-57(50)71(59)49-23-8-3-9-24-49)70-67(69-65)52-27-16-30-62-64(52)56-40-53(44-19-6-2-7-20-44)61(41-63(56)73-62)72-58-29-15-13-26-51(58)55-37-46-21-10-11-22-47(46)39-60(55)72/h1-41H. The molecule has 15 aromatic rings. The van der Waals surface area contributed by atoms with Gasteiger partial charge in [-0.05, 0) is 94.2 Å². The van der Waals surface area contributed by atoms with E-state index < -0.39 is 0 Å². The van der Waals surface area contributed by atoms with Crippen molar-refractivity contribution in [1.82, 2.24) is 24.1 Å². The van der Waals surface area contributed by atoms with Gasteiger partial charge in [-0.25, -0.2) is 15.0 Å². The van der Waals surface area contributed by atoms with Crippen molar-refractivity contribution >= 4 is 76.3 Å². The molecule has 4 aromatic heterocycles. The van der Waals surface area contributed by atoms with Gasteiger partial charge in [0.05, 0.1) is 27.8 Å². The molecule has 6 heteroatoms. The van der Waals surface area contributed by atoms with Gasteiger partial charge in [0.25, 0.3) is 0 Å². The first-order valence-electron chi connectivity index (χ1n) is 24.7. The first-order chi connectivity index (χ1) is 36.2. The smallest absolute Gasteiger partial charge is 0.164 e. The molecule has 0 atom stereocenters. The molecule has 11 aromatic carbocycles. The van der Waals surface area contributed by atoms with Gasteiger partial charge in [0.1, 0.15) is 11.2 Å². The maximum atomic E-state index is 6.96. The summed E-state index contributed by atoms with van der Waals surface area (Å²) < 4.78 is 11.7. The second kappa shape index (κ2) is 16.3. The fraction of sp³-hybridized carbons (Fsp3) is 0. The van der Waals surface area contributed by atoms with Crippen LogP contribution in [0.1, 0.15) is 0 Å². The first-order valence-corrected chi connectivity index (χ1v) is 24.7. The number of para-hydroxylation sites is 3. The van der Waals surface area contributed by atoms with Crippen LogP contribution in [0, 0.1) is 0 Å². The summed E-state index contributed by atoms with van der Waals surface area (Å²) in [5, 5.41) is 9.01. The molecule has 0 aliphatic heterocycles. The summed E-state index contributed by atoms with van der Waals surface area (Å²) in [4.78, 5) is 16.1. The lowest BCUT2D eigenvalue weighted by atomic mass is 9.98. The lowest BCUT2D eigenvalue weighted by molar-refractivity contribution is 0.668. The van der Waals surface area contributed by atoms with Crippen LogP contribution >= 0.6 is 0 Å². The number of nitrogens with zero attached hydrogens (tertiary/aromatic N) is 5. The SMILES string of the molecule is c1ccc(-c2ccc(-c3nc(-c4ccc5c(c4)c4ccccc4n5-c4ccccc4)nc(-c4cccc5oc6cc(-n7c8ccccc8c8cc9ccccc9cc87)c(-c7ccccc7)cc6c45)n3)cc2)cc1. The lowest BCUT2D eigenvalue weighted by Crippen LogP contribution is -2.01. The highest BCUT2D eigenvalue weighted by Gasteiger charge is 2.23. The molecule has 0 aliphatic carbocycles. The largest absolute Gasteiger partial charge is 0.456 e. The molecular formula is C67H41N5O. The molecule has 0 aliphatic rings. The van der Waals surface area contributed by atoms with Crippen molar-refractivity contribution in [3.8, 4) is 67.8 Å². The molecule has 0 unspecified atom stereocenters. The maximum Gasteiger partial charge on any atom is 0.164 e. The van der Waals surface area contributed by atoms with Gasteiger partial charge < -0.3 is 13.6 Å². The zero-order chi connectivity index (χ0) is 48.0. The van der Waals surface area contributed by atoms with Crippen LogP contribution in [0.25, 0.3) is 144 Å². The minimum atomic E-state index is 0.562. The highest BCUT2D eigenvalue weighted by atomic mass is 16.3. The molecule has 0 radical (unpaired) electrons. The topological polar surface area (TPSA) is 61.7 Å². The molecule has 0 amide bonds. The summed E-state index contributed by atoms with van der Waals surface area (Å²) in [6.45, 7) is 0. The van der Waals surface area contributed by atoms with E-state index in [2.05, 4.69) is 246 Å². The van der Waals surface area contributed by atoms with Crippen molar-refractivity contribution in [3.63, 3.8) is 0 Å². The summed E-state index contributed by atoms with van der Waals surface area (Å²) in [6, 6.07) is 88.0. The zero-order valence-corrected chi connectivity index (χ0v) is 39.3. The summed E-state index contributed by atoms with van der Waals surface area (Å²) >= 11 is 0. The van der Waals surface area contributed by atoms with Crippen molar-refractivity contribution in [2.24, 2.45) is 0 Å². The Labute approximate surface area is 419 Å². The molecule has 73 heavy (non-hydrogen) atoms. The van der Waals surface area contributed by atoms with Crippen LogP contribution in [0.3, 0.4) is 0 Å². The van der Waals surface area contributed by atoms with Gasteiger partial charge in [-0.3, -0.25) is 0 Å². The fourth-order valence-corrected chi connectivity index (χ4v) is 11.2. The highest BCUT2D eigenvalue weighted by Crippen LogP contribution is 2.44. The van der Waals surface area contributed by atoms with Crippen LogP contribution in [0.2, 0.25) is 0 Å². The van der Waals surface area contributed by atoms with E-state index in [0.29, 0.717) is 17.5 Å². The first kappa shape index (κ1) is 40.9. The molecule has 6 nitrogen and oxygen atoms in total. The predicted molar refractivity (Wildman–Crippen MR) is 300 cm³/mol. The number of aromatic nitrogens is 5. The zero-order valence-electron chi connectivity index (χ0n) is 39.3. The van der Waals surface area contributed by atoms with Crippen LogP contribution in [-0.2, 0) is 0 Å². The Kier molecular flexibility index (Phi) is 9.16. The number of furan rings is 1. The van der Waals surface area contributed by atoms with Crippen molar-refractivity contribution in [3.05, 3.63) is 249 Å². The van der Waals surface area contributed by atoms with Gasteiger partial charge in [-0.15, -0.1) is 0 Å². The highest BCUT2D eigenvalue weighted by molar-refractivity contribution is 6.17. The van der Waals surface area contributed by atoms with E-state index in [0.717, 1.165) is 105 Å². The Morgan fingerprint density at radius 3 is 1.58 bits per heavy atom. The van der Waals surface area contributed by atoms with E-state index in [9.17, 15) is 0 Å². The van der Waals surface area contributed by atoms with Crippen molar-refractivity contribution < 1.29 is 4.42 Å². The average molecular weight is 932 g/mol. The van der Waals surface area contributed by atoms with Crippen molar-refractivity contribution in [1.29, 1.82) is 0 Å². The van der Waals surface area contributed by atoms with E-state index in [4.69, 9.17) is 19.4 Å². The third kappa shape index (κ3) is 6.62. The third-order valence-electron chi connectivity index (χ3n) is 14.6. The van der Waals surface area contributed by atoms with Gasteiger partial charge in [-0.1, -0.05) is 176 Å². The number of hydrogen-bond donors (Lipinski definition) is 0. The summed E-state index contributed by atoms with van der Waals surface area (Å²) in [5.74, 6) is 1.73. The summed E-state index contributed by atoms with van der Waals surface area (Å²) in [5.41, 5.74) is 15.3. The van der Waals surface area contributed by atoms with E-state index in [-0.39, 0.29) is 0 Å². The monoisotopic (exact) mass is 931 g/mol. The van der Waals surface area contributed by atoms with E-state index in [1.54, 1.807) is 0 Å². The average Bonchev–Trinajstić information content (AvgIpc) is 4.11. The van der Waals surface area contributed by atoms with E-state index >= 15 is 0 Å². The second-order valence-corrected chi connectivity index (χ2v) is 18.8. The Bertz CT molecular complexity index is 4650. The minimum absolute atomic E-state index is 0.562. The second-order valence-electron chi connectivity index (χ2n) is 18.8. The Hall–Kier alpha value is -9.91. The summed E-state index contributed by atoms with van der Waals surface area (Å²) in [6.07, 6.45) is 0. The molecule has 0 fully saturated rings. The predicted octanol–water partition coefficient (Wildman–Crippen LogP) is 17.5. The van der Waals surface area contributed by atoms with E-state index in [1.807, 2.05) is 12.1 Å². The molecular weight excluding hydrogens is 891 g/mol. The fourth-order valence-electron chi connectivity index (χ4n) is 11.2. The Balaban J connectivity index is 0.962. The van der Waals surface area contributed by atoms with Crippen LogP contribution in [0.4, 0.5) is 0 Å². The summed E-state index contributed by atoms with van der Waals surface area (Å²) in [7, 11) is 0. The van der Waals surface area contributed by atoms with Gasteiger partial charge >= 0.3 is 0 Å². The third-order valence-corrected chi connectivity index (χ3v) is 14.6. The van der Waals surface area contributed by atoms with Crippen LogP contribution < -0.4 is 0 Å². The molecule has 15 rings (SSSR count). The molecule has 0 spiro atoms. The lowest BCUT2D eigenvalue weighted by Gasteiger charge is -2.15. The number of rotatable bonds is 7. The number of benzene rings is 11. The number of hydrogen-bond acceptors (Lipinski definition) is 4. The minimum Gasteiger partial charge on any atom is -0.456 e. The molecule has 0 N–H and O–H groups in total. The van der Waals surface area contributed by atoms with Gasteiger partial charge in [0.15, 0.2) is 17.5 Å². The molecule has 0 saturated carbocycles. The van der Waals surface area contributed by atoms with Crippen LogP contribution in [0.15, 0.2) is 253 Å². The maximum absolute atomic E-state index is 6.96. The van der Waals surface area contributed by atoms with Crippen molar-refractivity contribution in [2.45, 2.75) is 0 Å². The Morgan fingerprint density at radius 2 is 0.836 bits per heavy atom. The quantitative estimate of drug-likeness (QED) is 0.160.